The highest BCUT2D eigenvalue weighted by Crippen LogP contribution is 2.61. The van der Waals surface area contributed by atoms with E-state index in [9.17, 15) is 15.0 Å². The predicted molar refractivity (Wildman–Crippen MR) is 144 cm³/mol. The highest BCUT2D eigenvalue weighted by molar-refractivity contribution is 5.91. The number of aryl methyl sites for hydroxylation is 1. The highest BCUT2D eigenvalue weighted by Gasteiger charge is 2.58. The number of aromatic hydroxyl groups is 1. The predicted octanol–water partition coefficient (Wildman–Crippen LogP) is 5.23. The molecule has 3 aliphatic carbocycles. The lowest BCUT2D eigenvalue weighted by molar-refractivity contribution is -0.116. The van der Waals surface area contributed by atoms with Gasteiger partial charge in [-0.25, -0.2) is 4.39 Å². The average Bonchev–Trinajstić information content (AvgIpc) is 3.52. The Morgan fingerprint density at radius 2 is 1.97 bits per heavy atom. The van der Waals surface area contributed by atoms with Gasteiger partial charge in [-0.1, -0.05) is 13.0 Å². The number of amides is 1. The van der Waals surface area contributed by atoms with Crippen LogP contribution in [0.1, 0.15) is 68.9 Å². The number of hydrogen-bond donors (Lipinski definition) is 3. The molecule has 6 rings (SSSR count). The Hall–Kier alpha value is -2.64. The van der Waals surface area contributed by atoms with E-state index in [0.717, 1.165) is 44.3 Å². The van der Waals surface area contributed by atoms with Gasteiger partial charge in [0.2, 0.25) is 5.91 Å². The summed E-state index contributed by atoms with van der Waals surface area (Å²) in [5.74, 6) is 0.916. The molecule has 2 saturated carbocycles. The first-order chi connectivity index (χ1) is 18.3. The van der Waals surface area contributed by atoms with Crippen molar-refractivity contribution < 1.29 is 24.1 Å². The van der Waals surface area contributed by atoms with E-state index in [-0.39, 0.29) is 40.9 Å². The van der Waals surface area contributed by atoms with Crippen LogP contribution in [0.5, 0.6) is 11.5 Å². The third-order valence-corrected chi connectivity index (χ3v) is 9.97. The van der Waals surface area contributed by atoms with Crippen molar-refractivity contribution in [2.75, 3.05) is 25.0 Å². The number of carbonyl (C=O) groups excluding carboxylic acids is 1. The molecule has 1 aliphatic heterocycles. The highest BCUT2D eigenvalue weighted by atomic mass is 19.1. The van der Waals surface area contributed by atoms with E-state index in [0.29, 0.717) is 37.0 Å². The fourth-order valence-corrected chi connectivity index (χ4v) is 8.03. The number of phenols is 1. The summed E-state index contributed by atoms with van der Waals surface area (Å²) in [7, 11) is 0. The van der Waals surface area contributed by atoms with Crippen LogP contribution < -0.4 is 10.1 Å². The van der Waals surface area contributed by atoms with Crippen LogP contribution >= 0.6 is 0 Å². The van der Waals surface area contributed by atoms with E-state index in [1.54, 1.807) is 18.2 Å². The minimum absolute atomic E-state index is 0.121. The largest absolute Gasteiger partial charge is 0.508 e. The van der Waals surface area contributed by atoms with Crippen LogP contribution in [0.2, 0.25) is 0 Å². The van der Waals surface area contributed by atoms with Gasteiger partial charge in [0.15, 0.2) is 0 Å². The molecule has 6 nitrogen and oxygen atoms in total. The number of nitrogens with one attached hydrogen (secondary N) is 1. The molecular formula is C31H39FN2O4. The summed E-state index contributed by atoms with van der Waals surface area (Å²) in [6.45, 7) is 4.94. The van der Waals surface area contributed by atoms with Crippen LogP contribution in [-0.2, 0) is 11.2 Å². The molecule has 1 amide bonds. The summed E-state index contributed by atoms with van der Waals surface area (Å²) >= 11 is 0. The number of likely N-dealkylation sites (tertiary alicyclic amines) is 1. The monoisotopic (exact) mass is 522 g/mol. The Morgan fingerprint density at radius 3 is 2.76 bits per heavy atom. The first-order valence-corrected chi connectivity index (χ1v) is 14.3. The Kier molecular flexibility index (Phi) is 6.85. The van der Waals surface area contributed by atoms with E-state index >= 15 is 4.39 Å². The lowest BCUT2D eigenvalue weighted by Crippen LogP contribution is -2.51. The van der Waals surface area contributed by atoms with E-state index < -0.39 is 5.82 Å². The lowest BCUT2D eigenvalue weighted by atomic mass is 9.54. The summed E-state index contributed by atoms with van der Waals surface area (Å²) < 4.78 is 21.7. The zero-order valence-electron chi connectivity index (χ0n) is 22.2. The Bertz CT molecular complexity index is 1200. The lowest BCUT2D eigenvalue weighted by Gasteiger charge is -2.53. The number of fused-ring (bicyclic) bond motifs is 5. The van der Waals surface area contributed by atoms with E-state index in [2.05, 4.69) is 17.1 Å². The van der Waals surface area contributed by atoms with Crippen LogP contribution in [-0.4, -0.2) is 52.9 Å². The molecule has 0 bridgehead atoms. The third-order valence-electron chi connectivity index (χ3n) is 9.97. The minimum Gasteiger partial charge on any atom is -0.508 e. The first kappa shape index (κ1) is 25.6. The molecule has 3 N–H and O–H groups in total. The van der Waals surface area contributed by atoms with Crippen molar-refractivity contribution in [2.45, 2.75) is 76.4 Å². The van der Waals surface area contributed by atoms with Crippen molar-refractivity contribution in [3.8, 4) is 11.5 Å². The van der Waals surface area contributed by atoms with Crippen LogP contribution in [0.25, 0.3) is 0 Å². The fraction of sp³-hybridized carbons (Fsp3) is 0.581. The summed E-state index contributed by atoms with van der Waals surface area (Å²) in [5, 5.41) is 23.8. The number of ether oxygens (including phenoxy) is 1. The molecule has 2 aromatic rings. The number of anilines is 1. The van der Waals surface area contributed by atoms with Gasteiger partial charge in [-0.3, -0.25) is 4.79 Å². The van der Waals surface area contributed by atoms with Crippen molar-refractivity contribution in [1.29, 1.82) is 0 Å². The molecular weight excluding hydrogens is 483 g/mol. The fourth-order valence-electron chi connectivity index (χ4n) is 8.03. The molecule has 0 unspecified atom stereocenters. The molecule has 38 heavy (non-hydrogen) atoms. The number of aliphatic hydroxyl groups excluding tert-OH is 1. The van der Waals surface area contributed by atoms with E-state index in [4.69, 9.17) is 4.74 Å². The van der Waals surface area contributed by atoms with Gasteiger partial charge >= 0.3 is 0 Å². The normalized spacial score (nSPS) is 32.3. The van der Waals surface area contributed by atoms with Crippen molar-refractivity contribution >= 4 is 11.6 Å². The van der Waals surface area contributed by atoms with Gasteiger partial charge in [0, 0.05) is 30.4 Å². The zero-order valence-corrected chi connectivity index (χ0v) is 22.2. The number of hydrogen-bond acceptors (Lipinski definition) is 5. The van der Waals surface area contributed by atoms with Crippen LogP contribution in [0.15, 0.2) is 36.4 Å². The van der Waals surface area contributed by atoms with Gasteiger partial charge in [-0.2, -0.15) is 0 Å². The molecule has 0 spiro atoms. The van der Waals surface area contributed by atoms with Crippen molar-refractivity contribution in [2.24, 2.45) is 17.3 Å². The Labute approximate surface area is 224 Å². The maximum atomic E-state index is 15.1. The number of halogens is 1. The van der Waals surface area contributed by atoms with Gasteiger partial charge < -0.3 is 25.2 Å². The molecule has 1 heterocycles. The quantitative estimate of drug-likeness (QED) is 0.484. The number of nitrogens with zero attached hydrogens (tertiary/aromatic N) is 1. The molecule has 1 saturated heterocycles. The molecule has 7 heteroatoms. The second-order valence-corrected chi connectivity index (χ2v) is 12.2. The molecule has 6 atom stereocenters. The number of aliphatic hydroxyl groups is 1. The second kappa shape index (κ2) is 10.2. The van der Waals surface area contributed by atoms with Gasteiger partial charge in [-0.05, 0) is 105 Å². The van der Waals surface area contributed by atoms with Crippen molar-refractivity contribution in [1.82, 2.24) is 4.90 Å². The van der Waals surface area contributed by atoms with Crippen molar-refractivity contribution in [3.63, 3.8) is 0 Å². The first-order valence-electron chi connectivity index (χ1n) is 14.3. The summed E-state index contributed by atoms with van der Waals surface area (Å²) in [4.78, 5) is 14.7. The number of phenolic OH excluding ortho intramolecular Hbond substituents is 1. The molecule has 2 aromatic carbocycles. The third kappa shape index (κ3) is 4.68. The second-order valence-electron chi connectivity index (χ2n) is 12.2. The van der Waals surface area contributed by atoms with E-state index in [1.165, 1.54) is 24.5 Å². The summed E-state index contributed by atoms with van der Waals surface area (Å²) in [6, 6.07) is 10.3. The zero-order chi connectivity index (χ0) is 26.4. The number of carbonyl (C=O) groups is 1. The van der Waals surface area contributed by atoms with Gasteiger partial charge in [0.25, 0.3) is 0 Å². The molecule has 3 fully saturated rings. The maximum absolute atomic E-state index is 15.1. The molecule has 0 aromatic heterocycles. The van der Waals surface area contributed by atoms with E-state index in [1.807, 2.05) is 12.1 Å². The standard InChI is InChI=1S/C31H39FN2O4/c1-31-18-27(30-22-8-5-20(35)16-19(22)4-7-23(30)24(31)9-11-28(31)36)38-21-6-10-26(25(32)17-21)33-29(37)12-15-34-13-2-3-14-34/h5-6,8,10,16-17,23-24,27-28,30,35-36H,2-4,7,9,11-15,18H2,1H3,(H,33,37)/t23-,24-,27-,28-,30+,31-/m0/s1. The molecule has 4 aliphatic rings. The summed E-state index contributed by atoms with van der Waals surface area (Å²) in [5.41, 5.74) is 2.29. The van der Waals surface area contributed by atoms with Crippen LogP contribution in [0, 0.1) is 23.1 Å². The molecule has 0 radical (unpaired) electrons. The van der Waals surface area contributed by atoms with Gasteiger partial charge in [-0.15, -0.1) is 0 Å². The van der Waals surface area contributed by atoms with Gasteiger partial charge in [0.1, 0.15) is 23.4 Å². The topological polar surface area (TPSA) is 82.0 Å². The smallest absolute Gasteiger partial charge is 0.225 e. The average molecular weight is 523 g/mol. The van der Waals surface area contributed by atoms with Gasteiger partial charge in [0.05, 0.1) is 11.8 Å². The minimum atomic E-state index is -0.511. The number of benzene rings is 2. The summed E-state index contributed by atoms with van der Waals surface area (Å²) in [6.07, 6.45) is 6.51. The SMILES string of the molecule is C[C@]12C[C@H](Oc3ccc(NC(=O)CCN4CCCC4)c(F)c3)[C@@H]3c4ccc(O)cc4CC[C@H]3[C@@H]1CC[C@@H]2O. The Morgan fingerprint density at radius 1 is 1.16 bits per heavy atom. The van der Waals surface area contributed by atoms with Crippen LogP contribution in [0.4, 0.5) is 10.1 Å². The Balaban J connectivity index is 1.21. The van der Waals surface area contributed by atoms with Crippen LogP contribution in [0.3, 0.4) is 0 Å². The maximum Gasteiger partial charge on any atom is 0.225 e. The number of rotatable bonds is 6. The molecule has 204 valence electrons. The van der Waals surface area contributed by atoms with Crippen molar-refractivity contribution in [3.05, 3.63) is 53.3 Å².